The highest BCUT2D eigenvalue weighted by atomic mass is 32.2. The largest absolute Gasteiger partial charge is 0.380 e. The Morgan fingerprint density at radius 2 is 2.26 bits per heavy atom. The van der Waals surface area contributed by atoms with Gasteiger partial charge in [-0.05, 0) is 43.9 Å². The molecular formula is C19H20FN3O3S. The summed E-state index contributed by atoms with van der Waals surface area (Å²) in [4.78, 5) is 4.30. The lowest BCUT2D eigenvalue weighted by Gasteiger charge is -2.38. The fourth-order valence-corrected chi connectivity index (χ4v) is 6.17. The number of aryl methyl sites for hydroxylation is 1. The number of hydrogen-bond donors (Lipinski definition) is 1. The summed E-state index contributed by atoms with van der Waals surface area (Å²) < 4.78 is 43.7. The van der Waals surface area contributed by atoms with Crippen molar-refractivity contribution in [3.05, 3.63) is 35.3 Å². The van der Waals surface area contributed by atoms with Gasteiger partial charge < -0.3 is 10.1 Å². The molecule has 6 nitrogen and oxygen atoms in total. The number of anilines is 1. The number of fused-ring (bicyclic) bond motifs is 1. The van der Waals surface area contributed by atoms with Gasteiger partial charge in [-0.2, -0.15) is 5.26 Å². The van der Waals surface area contributed by atoms with Gasteiger partial charge in [-0.3, -0.25) is 4.98 Å². The van der Waals surface area contributed by atoms with E-state index in [1.165, 1.54) is 18.3 Å². The predicted octanol–water partition coefficient (Wildman–Crippen LogP) is 2.70. The van der Waals surface area contributed by atoms with Crippen LogP contribution in [-0.4, -0.2) is 43.2 Å². The van der Waals surface area contributed by atoms with Gasteiger partial charge >= 0.3 is 0 Å². The van der Waals surface area contributed by atoms with E-state index >= 15 is 0 Å². The number of ether oxygens (including phenoxy) is 1. The van der Waals surface area contributed by atoms with Crippen LogP contribution in [0, 0.1) is 24.1 Å². The molecule has 8 heteroatoms. The van der Waals surface area contributed by atoms with Crippen LogP contribution in [-0.2, 0) is 14.6 Å². The Kier molecular flexibility index (Phi) is 4.32. The van der Waals surface area contributed by atoms with Crippen molar-refractivity contribution in [2.24, 2.45) is 0 Å². The van der Waals surface area contributed by atoms with Gasteiger partial charge in [0.05, 0.1) is 33.9 Å². The molecule has 2 fully saturated rings. The first kappa shape index (κ1) is 18.1. The first-order chi connectivity index (χ1) is 12.8. The molecule has 3 heterocycles. The summed E-state index contributed by atoms with van der Waals surface area (Å²) in [5, 5.41) is 13.4. The lowest BCUT2D eigenvalue weighted by atomic mass is 9.89. The second kappa shape index (κ2) is 6.43. The van der Waals surface area contributed by atoms with Crippen LogP contribution in [0.2, 0.25) is 0 Å². The van der Waals surface area contributed by atoms with E-state index in [1.807, 2.05) is 0 Å². The Hall–Kier alpha value is -2.24. The molecule has 2 aromatic rings. The van der Waals surface area contributed by atoms with Crippen LogP contribution < -0.4 is 5.32 Å². The molecule has 2 atom stereocenters. The monoisotopic (exact) mass is 389 g/mol. The van der Waals surface area contributed by atoms with Gasteiger partial charge in [-0.1, -0.05) is 0 Å². The topological polar surface area (TPSA) is 92.1 Å². The summed E-state index contributed by atoms with van der Waals surface area (Å²) in [5.41, 5.74) is 1.57. The maximum atomic E-state index is 14.0. The molecule has 2 saturated heterocycles. The number of benzene rings is 1. The van der Waals surface area contributed by atoms with Crippen LogP contribution in [0.3, 0.4) is 0 Å². The van der Waals surface area contributed by atoms with Gasteiger partial charge in [0.1, 0.15) is 11.9 Å². The maximum absolute atomic E-state index is 14.0. The zero-order valence-electron chi connectivity index (χ0n) is 15.0. The number of sulfone groups is 1. The summed E-state index contributed by atoms with van der Waals surface area (Å²) in [5.74, 6) is -0.204. The standard InChI is InChI=1S/C19H20FN3O3S/c1-12-6-14(20)7-16-17(12)22-10-13(9-21)18(16)23-15-2-4-26-19(8-15)3-5-27(24,25)11-19/h6-7,10,15H,2-5,8,11H2,1H3,(H,22,23)/t15-,19-/m0/s1. The smallest absolute Gasteiger partial charge is 0.153 e. The molecule has 0 unspecified atom stereocenters. The van der Waals surface area contributed by atoms with Crippen molar-refractivity contribution in [2.45, 2.75) is 37.8 Å². The molecule has 1 N–H and O–H groups in total. The van der Waals surface area contributed by atoms with Crippen molar-refractivity contribution in [3.63, 3.8) is 0 Å². The lowest BCUT2D eigenvalue weighted by molar-refractivity contribution is -0.0631. The van der Waals surface area contributed by atoms with Crippen LogP contribution in [0.15, 0.2) is 18.3 Å². The molecule has 4 rings (SSSR count). The average Bonchev–Trinajstić information content (AvgIpc) is 2.89. The van der Waals surface area contributed by atoms with Gasteiger partial charge in [0, 0.05) is 24.2 Å². The normalized spacial score (nSPS) is 26.9. The fraction of sp³-hybridized carbons (Fsp3) is 0.474. The summed E-state index contributed by atoms with van der Waals surface area (Å²) in [6.45, 7) is 2.23. The van der Waals surface area contributed by atoms with E-state index in [0.29, 0.717) is 53.6 Å². The third-order valence-electron chi connectivity index (χ3n) is 5.44. The van der Waals surface area contributed by atoms with Crippen molar-refractivity contribution in [2.75, 3.05) is 23.4 Å². The molecule has 0 saturated carbocycles. The average molecular weight is 389 g/mol. The number of rotatable bonds is 2. The summed E-state index contributed by atoms with van der Waals surface area (Å²) >= 11 is 0. The third-order valence-corrected chi connectivity index (χ3v) is 7.23. The van der Waals surface area contributed by atoms with E-state index in [4.69, 9.17) is 4.74 Å². The Labute approximate surface area is 157 Å². The zero-order chi connectivity index (χ0) is 19.2. The molecule has 0 radical (unpaired) electrons. The van der Waals surface area contributed by atoms with Gasteiger partial charge in [0.25, 0.3) is 0 Å². The van der Waals surface area contributed by atoms with Gasteiger partial charge in [0.15, 0.2) is 9.84 Å². The SMILES string of the molecule is Cc1cc(F)cc2c(N[C@H]3CCO[C@@]4(CCS(=O)(=O)C4)C3)c(C#N)cnc12. The van der Waals surface area contributed by atoms with Gasteiger partial charge in [-0.15, -0.1) is 0 Å². The number of halogens is 1. The van der Waals surface area contributed by atoms with E-state index in [-0.39, 0.29) is 23.4 Å². The molecule has 1 aromatic heterocycles. The van der Waals surface area contributed by atoms with Gasteiger partial charge in [0.2, 0.25) is 0 Å². The third kappa shape index (κ3) is 3.37. The first-order valence-electron chi connectivity index (χ1n) is 8.91. The lowest BCUT2D eigenvalue weighted by Crippen LogP contribution is -2.45. The first-order valence-corrected chi connectivity index (χ1v) is 10.7. The number of pyridine rings is 1. The number of hydrogen-bond acceptors (Lipinski definition) is 6. The summed E-state index contributed by atoms with van der Waals surface area (Å²) in [7, 11) is -3.07. The summed E-state index contributed by atoms with van der Waals surface area (Å²) in [6.07, 6.45) is 3.20. The Balaban J connectivity index is 1.70. The van der Waals surface area contributed by atoms with E-state index in [1.54, 1.807) is 6.92 Å². The van der Waals surface area contributed by atoms with Gasteiger partial charge in [-0.25, -0.2) is 12.8 Å². The van der Waals surface area contributed by atoms with Crippen molar-refractivity contribution in [3.8, 4) is 6.07 Å². The number of aromatic nitrogens is 1. The number of nitrogens with one attached hydrogen (secondary N) is 1. The Morgan fingerprint density at radius 1 is 1.44 bits per heavy atom. The highest BCUT2D eigenvalue weighted by Crippen LogP contribution is 2.38. The van der Waals surface area contributed by atoms with Crippen LogP contribution in [0.4, 0.5) is 10.1 Å². The van der Waals surface area contributed by atoms with Crippen LogP contribution in [0.1, 0.15) is 30.4 Å². The Bertz CT molecular complexity index is 1060. The van der Waals surface area contributed by atoms with Crippen LogP contribution >= 0.6 is 0 Å². The van der Waals surface area contributed by atoms with Crippen LogP contribution in [0.25, 0.3) is 10.9 Å². The fourth-order valence-electron chi connectivity index (χ4n) is 4.19. The van der Waals surface area contributed by atoms with E-state index < -0.39 is 15.4 Å². The van der Waals surface area contributed by atoms with Crippen molar-refractivity contribution in [1.82, 2.24) is 4.98 Å². The predicted molar refractivity (Wildman–Crippen MR) is 99.8 cm³/mol. The minimum atomic E-state index is -3.07. The molecule has 0 amide bonds. The molecule has 1 spiro atoms. The quantitative estimate of drug-likeness (QED) is 0.849. The molecule has 142 valence electrons. The molecule has 1 aromatic carbocycles. The maximum Gasteiger partial charge on any atom is 0.153 e. The number of nitriles is 1. The minimum Gasteiger partial charge on any atom is -0.380 e. The van der Waals surface area contributed by atoms with E-state index in [9.17, 15) is 18.1 Å². The molecule has 2 aliphatic heterocycles. The van der Waals surface area contributed by atoms with E-state index in [2.05, 4.69) is 16.4 Å². The highest BCUT2D eigenvalue weighted by Gasteiger charge is 2.46. The van der Waals surface area contributed by atoms with Crippen molar-refractivity contribution < 1.29 is 17.5 Å². The molecular weight excluding hydrogens is 369 g/mol. The second-order valence-electron chi connectivity index (χ2n) is 7.49. The van der Waals surface area contributed by atoms with Crippen LogP contribution in [0.5, 0.6) is 0 Å². The molecule has 27 heavy (non-hydrogen) atoms. The molecule has 0 aliphatic carbocycles. The summed E-state index contributed by atoms with van der Waals surface area (Å²) in [6, 6.07) is 4.85. The highest BCUT2D eigenvalue weighted by molar-refractivity contribution is 7.91. The molecule has 0 bridgehead atoms. The van der Waals surface area contributed by atoms with Crippen molar-refractivity contribution in [1.29, 1.82) is 5.26 Å². The Morgan fingerprint density at radius 3 is 2.96 bits per heavy atom. The second-order valence-corrected chi connectivity index (χ2v) is 9.67. The van der Waals surface area contributed by atoms with E-state index in [0.717, 1.165) is 0 Å². The van der Waals surface area contributed by atoms with Crippen molar-refractivity contribution >= 4 is 26.4 Å². The minimum absolute atomic E-state index is 0.0358. The number of nitrogens with zero attached hydrogens (tertiary/aromatic N) is 2. The zero-order valence-corrected chi connectivity index (χ0v) is 15.8. The molecule has 2 aliphatic rings.